The number of hydrogen-bond acceptors (Lipinski definition) is 3. The second-order valence-corrected chi connectivity index (χ2v) is 6.57. The molecule has 1 aromatic carbocycles. The Labute approximate surface area is 115 Å². The van der Waals surface area contributed by atoms with Crippen molar-refractivity contribution < 1.29 is 0 Å². The molecule has 0 amide bonds. The lowest BCUT2D eigenvalue weighted by Crippen LogP contribution is -2.12. The van der Waals surface area contributed by atoms with Crippen molar-refractivity contribution in [2.75, 3.05) is 11.1 Å². The topological polar surface area (TPSA) is 24.4 Å². The molecule has 0 bridgehead atoms. The number of aliphatic imine (C=N–C) groups is 1. The Kier molecular flexibility index (Phi) is 4.15. The highest BCUT2D eigenvalue weighted by Crippen LogP contribution is 2.27. The van der Waals surface area contributed by atoms with Gasteiger partial charge in [0.25, 0.3) is 0 Å². The van der Waals surface area contributed by atoms with E-state index in [1.807, 2.05) is 11.8 Å². The van der Waals surface area contributed by atoms with Gasteiger partial charge in [-0.25, -0.2) is 0 Å². The molecule has 0 spiro atoms. The van der Waals surface area contributed by atoms with E-state index in [-0.39, 0.29) is 0 Å². The van der Waals surface area contributed by atoms with Crippen LogP contribution in [0.4, 0.5) is 5.69 Å². The maximum absolute atomic E-state index is 4.71. The monoisotopic (exact) mass is 312 g/mol. The van der Waals surface area contributed by atoms with Gasteiger partial charge in [0, 0.05) is 15.9 Å². The normalized spacial score (nSPS) is 19.6. The fourth-order valence-corrected chi connectivity index (χ4v) is 3.18. The predicted molar refractivity (Wildman–Crippen MR) is 81.0 cm³/mol. The van der Waals surface area contributed by atoms with Crippen LogP contribution >= 0.6 is 27.7 Å². The van der Waals surface area contributed by atoms with Crippen LogP contribution in [0.5, 0.6) is 0 Å². The van der Waals surface area contributed by atoms with Crippen LogP contribution in [-0.2, 0) is 0 Å². The highest BCUT2D eigenvalue weighted by Gasteiger charge is 2.21. The molecular formula is C13H17BrN2S. The number of thioether (sulfide) groups is 1. The number of nitrogens with zero attached hydrogens (tertiary/aromatic N) is 1. The third kappa shape index (κ3) is 3.26. The Morgan fingerprint density at radius 1 is 1.47 bits per heavy atom. The molecule has 4 heteroatoms. The smallest absolute Gasteiger partial charge is 0.161 e. The SMILES string of the molecule is Cc1ccc(Br)cc1NC1=NC(C(C)C)CS1. The Bertz CT molecular complexity index is 443. The largest absolute Gasteiger partial charge is 0.335 e. The van der Waals surface area contributed by atoms with Gasteiger partial charge in [-0.2, -0.15) is 0 Å². The van der Waals surface area contributed by atoms with Crippen LogP contribution in [0, 0.1) is 12.8 Å². The lowest BCUT2D eigenvalue weighted by atomic mass is 10.1. The fourth-order valence-electron chi connectivity index (χ4n) is 1.64. The van der Waals surface area contributed by atoms with Gasteiger partial charge in [-0.15, -0.1) is 0 Å². The van der Waals surface area contributed by atoms with Crippen LogP contribution in [0.2, 0.25) is 0 Å². The van der Waals surface area contributed by atoms with Crippen LogP contribution < -0.4 is 5.32 Å². The van der Waals surface area contributed by atoms with E-state index in [0.29, 0.717) is 12.0 Å². The summed E-state index contributed by atoms with van der Waals surface area (Å²) in [7, 11) is 0. The molecule has 1 heterocycles. The third-order valence-electron chi connectivity index (χ3n) is 2.88. The minimum absolute atomic E-state index is 0.454. The quantitative estimate of drug-likeness (QED) is 0.880. The fraction of sp³-hybridized carbons (Fsp3) is 0.462. The molecule has 1 atom stereocenters. The maximum Gasteiger partial charge on any atom is 0.161 e. The Balaban J connectivity index is 2.11. The first-order valence-corrected chi connectivity index (χ1v) is 7.58. The molecule has 0 aromatic heterocycles. The van der Waals surface area contributed by atoms with Gasteiger partial charge < -0.3 is 5.32 Å². The molecule has 2 rings (SSSR count). The number of rotatable bonds is 2. The molecule has 0 aliphatic carbocycles. The molecule has 0 radical (unpaired) electrons. The van der Waals surface area contributed by atoms with Crippen molar-refractivity contribution in [2.24, 2.45) is 10.9 Å². The van der Waals surface area contributed by atoms with Gasteiger partial charge >= 0.3 is 0 Å². The summed E-state index contributed by atoms with van der Waals surface area (Å²) in [5.74, 6) is 1.71. The van der Waals surface area contributed by atoms with E-state index < -0.39 is 0 Å². The highest BCUT2D eigenvalue weighted by atomic mass is 79.9. The second-order valence-electron chi connectivity index (χ2n) is 4.64. The minimum Gasteiger partial charge on any atom is -0.335 e. The standard InChI is InChI=1S/C13H17BrN2S/c1-8(2)12-7-17-13(16-12)15-11-6-10(14)5-4-9(11)3/h4-6,8,12H,7H2,1-3H3,(H,15,16). The minimum atomic E-state index is 0.454. The van der Waals surface area contributed by atoms with Crippen molar-refractivity contribution in [2.45, 2.75) is 26.8 Å². The number of hydrogen-bond donors (Lipinski definition) is 1. The van der Waals surface area contributed by atoms with Gasteiger partial charge in [0.05, 0.1) is 6.04 Å². The van der Waals surface area contributed by atoms with Crippen LogP contribution in [0.3, 0.4) is 0 Å². The van der Waals surface area contributed by atoms with E-state index in [2.05, 4.69) is 60.2 Å². The molecule has 1 aliphatic heterocycles. The molecule has 92 valence electrons. The van der Waals surface area contributed by atoms with E-state index in [1.165, 1.54) is 5.56 Å². The number of amidine groups is 1. The summed E-state index contributed by atoms with van der Waals surface area (Å²) in [4.78, 5) is 4.71. The van der Waals surface area contributed by atoms with Crippen LogP contribution in [0.1, 0.15) is 19.4 Å². The van der Waals surface area contributed by atoms with Gasteiger partial charge in [-0.3, -0.25) is 4.99 Å². The Morgan fingerprint density at radius 3 is 2.88 bits per heavy atom. The Morgan fingerprint density at radius 2 is 2.24 bits per heavy atom. The molecule has 1 aliphatic rings. The summed E-state index contributed by atoms with van der Waals surface area (Å²) < 4.78 is 1.09. The van der Waals surface area contributed by atoms with Crippen molar-refractivity contribution in [1.82, 2.24) is 0 Å². The van der Waals surface area contributed by atoms with Crippen LogP contribution in [-0.4, -0.2) is 17.0 Å². The summed E-state index contributed by atoms with van der Waals surface area (Å²) in [6, 6.07) is 6.71. The summed E-state index contributed by atoms with van der Waals surface area (Å²) >= 11 is 5.31. The number of aryl methyl sites for hydroxylation is 1. The number of halogens is 1. The van der Waals surface area contributed by atoms with Crippen molar-refractivity contribution in [3.8, 4) is 0 Å². The predicted octanol–water partition coefficient (Wildman–Crippen LogP) is 4.30. The third-order valence-corrected chi connectivity index (χ3v) is 4.37. The molecule has 0 fully saturated rings. The first kappa shape index (κ1) is 13.0. The van der Waals surface area contributed by atoms with Crippen LogP contribution in [0.15, 0.2) is 27.7 Å². The van der Waals surface area contributed by atoms with Crippen molar-refractivity contribution in [3.05, 3.63) is 28.2 Å². The molecule has 2 nitrogen and oxygen atoms in total. The molecule has 0 saturated carbocycles. The van der Waals surface area contributed by atoms with E-state index >= 15 is 0 Å². The first-order valence-electron chi connectivity index (χ1n) is 5.80. The average molecular weight is 313 g/mol. The summed E-state index contributed by atoms with van der Waals surface area (Å²) in [5.41, 5.74) is 2.37. The molecule has 0 saturated heterocycles. The van der Waals surface area contributed by atoms with Gasteiger partial charge in [0.2, 0.25) is 0 Å². The van der Waals surface area contributed by atoms with E-state index in [1.54, 1.807) is 0 Å². The first-order chi connectivity index (χ1) is 8.06. The maximum atomic E-state index is 4.71. The summed E-state index contributed by atoms with van der Waals surface area (Å²) in [6.45, 7) is 6.55. The Hall–Kier alpha value is -0.480. The van der Waals surface area contributed by atoms with Crippen molar-refractivity contribution in [1.29, 1.82) is 0 Å². The van der Waals surface area contributed by atoms with E-state index in [4.69, 9.17) is 4.99 Å². The summed E-state index contributed by atoms with van der Waals surface area (Å²) in [6.07, 6.45) is 0. The average Bonchev–Trinajstić information content (AvgIpc) is 2.72. The highest BCUT2D eigenvalue weighted by molar-refractivity contribution is 9.10. The van der Waals surface area contributed by atoms with Crippen LogP contribution in [0.25, 0.3) is 0 Å². The number of nitrogens with one attached hydrogen (secondary N) is 1. The second kappa shape index (κ2) is 5.44. The zero-order valence-electron chi connectivity index (χ0n) is 10.3. The van der Waals surface area contributed by atoms with Gasteiger partial charge in [-0.05, 0) is 30.5 Å². The molecule has 1 unspecified atom stereocenters. The van der Waals surface area contributed by atoms with Gasteiger partial charge in [0.1, 0.15) is 0 Å². The molecule has 17 heavy (non-hydrogen) atoms. The van der Waals surface area contributed by atoms with E-state index in [9.17, 15) is 0 Å². The number of anilines is 1. The molecule has 1 N–H and O–H groups in total. The van der Waals surface area contributed by atoms with Crippen molar-refractivity contribution in [3.63, 3.8) is 0 Å². The summed E-state index contributed by atoms with van der Waals surface area (Å²) in [5, 5.41) is 4.46. The molecule has 1 aromatic rings. The zero-order valence-corrected chi connectivity index (χ0v) is 12.7. The lowest BCUT2D eigenvalue weighted by molar-refractivity contribution is 0.543. The molecular weight excluding hydrogens is 296 g/mol. The number of benzene rings is 1. The van der Waals surface area contributed by atoms with E-state index in [0.717, 1.165) is 21.1 Å². The lowest BCUT2D eigenvalue weighted by Gasteiger charge is -2.09. The van der Waals surface area contributed by atoms with Crippen molar-refractivity contribution >= 4 is 38.5 Å². The zero-order chi connectivity index (χ0) is 12.4. The van der Waals surface area contributed by atoms with Gasteiger partial charge in [0.15, 0.2) is 5.17 Å². The van der Waals surface area contributed by atoms with Gasteiger partial charge in [-0.1, -0.05) is 47.6 Å².